The summed E-state index contributed by atoms with van der Waals surface area (Å²) in [6, 6.07) is 7.44. The van der Waals surface area contributed by atoms with Crippen LogP contribution in [0.2, 0.25) is 0 Å². The third kappa shape index (κ3) is 3.03. The van der Waals surface area contributed by atoms with Crippen molar-refractivity contribution in [3.63, 3.8) is 0 Å². The van der Waals surface area contributed by atoms with Crippen molar-refractivity contribution in [1.82, 2.24) is 9.55 Å². The van der Waals surface area contributed by atoms with E-state index in [-0.39, 0.29) is 17.4 Å². The molecule has 2 rings (SSSR count). The normalized spacial score (nSPS) is 10.4. The molecular weight excluding hydrogens is 258 g/mol. The number of carbonyl (C=O) groups is 2. The summed E-state index contributed by atoms with van der Waals surface area (Å²) < 4.78 is 1.48. The van der Waals surface area contributed by atoms with Gasteiger partial charge >= 0.3 is 0 Å². The van der Waals surface area contributed by atoms with Crippen molar-refractivity contribution >= 4 is 11.7 Å². The molecule has 0 fully saturated rings. The molecule has 3 N–H and O–H groups in total. The Hall–Kier alpha value is -2.63. The Bertz CT molecular complexity index is 644. The molecule has 0 aliphatic carbocycles. The molecule has 104 valence electrons. The van der Waals surface area contributed by atoms with Crippen LogP contribution in [-0.4, -0.2) is 26.3 Å². The van der Waals surface area contributed by atoms with Gasteiger partial charge in [0.25, 0.3) is 5.91 Å². The second-order valence-electron chi connectivity index (χ2n) is 4.60. The zero-order valence-corrected chi connectivity index (χ0v) is 11.0. The number of ketones is 1. The van der Waals surface area contributed by atoms with Crippen LogP contribution in [0.4, 0.5) is 0 Å². The van der Waals surface area contributed by atoms with Crippen LogP contribution < -0.4 is 5.73 Å². The Morgan fingerprint density at radius 3 is 2.40 bits per heavy atom. The van der Waals surface area contributed by atoms with Crippen molar-refractivity contribution in [1.29, 1.82) is 0 Å². The molecule has 0 radical (unpaired) electrons. The number of carbonyl (C=O) groups excluding carboxylic acids is 2. The second-order valence-corrected chi connectivity index (χ2v) is 4.60. The number of aromatic nitrogens is 2. The van der Waals surface area contributed by atoms with E-state index in [0.29, 0.717) is 13.0 Å². The fraction of sp³-hybridized carbons (Fsp3) is 0.214. The molecule has 1 heterocycles. The number of benzene rings is 1. The van der Waals surface area contributed by atoms with Gasteiger partial charge in [0, 0.05) is 13.0 Å². The molecular formula is C14H15N3O3. The smallest absolute Gasteiger partial charge is 0.271 e. The topological polar surface area (TPSA) is 98.2 Å². The lowest BCUT2D eigenvalue weighted by atomic mass is 10.1. The summed E-state index contributed by atoms with van der Waals surface area (Å²) in [5.74, 6) is -0.993. The summed E-state index contributed by atoms with van der Waals surface area (Å²) in [4.78, 5) is 25.9. The second kappa shape index (κ2) is 5.56. The molecule has 0 spiro atoms. The summed E-state index contributed by atoms with van der Waals surface area (Å²) >= 11 is 0. The van der Waals surface area contributed by atoms with E-state index in [1.807, 2.05) is 24.3 Å². The largest absolute Gasteiger partial charge is 0.492 e. The molecule has 0 aliphatic rings. The van der Waals surface area contributed by atoms with E-state index < -0.39 is 5.91 Å². The van der Waals surface area contributed by atoms with E-state index in [2.05, 4.69) is 4.98 Å². The number of nitrogens with zero attached hydrogens (tertiary/aromatic N) is 2. The standard InChI is InChI=1S/C14H15N3O3/c1-9(18)6-10-2-4-11(5-3-10)7-17-8-16-14(20)12(17)13(15)19/h2-5,8,20H,6-7H2,1H3,(H2,15,19). The van der Waals surface area contributed by atoms with E-state index in [4.69, 9.17) is 5.73 Å². The van der Waals surface area contributed by atoms with Gasteiger partial charge in [0.2, 0.25) is 5.88 Å². The monoisotopic (exact) mass is 273 g/mol. The van der Waals surface area contributed by atoms with Crippen molar-refractivity contribution in [2.75, 3.05) is 0 Å². The van der Waals surface area contributed by atoms with Crippen LogP contribution in [0.25, 0.3) is 0 Å². The van der Waals surface area contributed by atoms with Gasteiger partial charge in [-0.2, -0.15) is 0 Å². The number of nitrogens with two attached hydrogens (primary N) is 1. The van der Waals surface area contributed by atoms with Gasteiger partial charge in [-0.05, 0) is 18.1 Å². The third-order valence-electron chi connectivity index (χ3n) is 2.88. The van der Waals surface area contributed by atoms with E-state index in [1.54, 1.807) is 6.92 Å². The van der Waals surface area contributed by atoms with E-state index in [9.17, 15) is 14.7 Å². The molecule has 0 saturated heterocycles. The summed E-state index contributed by atoms with van der Waals surface area (Å²) in [7, 11) is 0. The lowest BCUT2D eigenvalue weighted by Gasteiger charge is -2.07. The summed E-state index contributed by atoms with van der Waals surface area (Å²) in [6.07, 6.45) is 1.76. The van der Waals surface area contributed by atoms with Crippen molar-refractivity contribution < 1.29 is 14.7 Å². The minimum atomic E-state index is -0.729. The van der Waals surface area contributed by atoms with Crippen LogP contribution in [0.5, 0.6) is 5.88 Å². The van der Waals surface area contributed by atoms with Gasteiger partial charge in [-0.15, -0.1) is 0 Å². The molecule has 0 aliphatic heterocycles. The fourth-order valence-electron chi connectivity index (χ4n) is 1.99. The first-order valence-electron chi connectivity index (χ1n) is 6.08. The molecule has 0 atom stereocenters. The molecule has 1 aromatic carbocycles. The Morgan fingerprint density at radius 1 is 1.25 bits per heavy atom. The Kier molecular flexibility index (Phi) is 3.84. The van der Waals surface area contributed by atoms with Gasteiger partial charge < -0.3 is 15.4 Å². The average Bonchev–Trinajstić information content (AvgIpc) is 2.72. The SMILES string of the molecule is CC(=O)Cc1ccc(Cn2cnc(O)c2C(N)=O)cc1. The number of rotatable bonds is 5. The van der Waals surface area contributed by atoms with Crippen molar-refractivity contribution in [2.45, 2.75) is 19.9 Å². The molecule has 0 unspecified atom stereocenters. The molecule has 20 heavy (non-hydrogen) atoms. The Morgan fingerprint density at radius 2 is 1.85 bits per heavy atom. The van der Waals surface area contributed by atoms with E-state index >= 15 is 0 Å². The van der Waals surface area contributed by atoms with Gasteiger partial charge in [0.15, 0.2) is 5.69 Å². The maximum Gasteiger partial charge on any atom is 0.271 e. The van der Waals surface area contributed by atoms with Crippen LogP contribution in [0.15, 0.2) is 30.6 Å². The molecule has 6 heteroatoms. The summed E-state index contributed by atoms with van der Waals surface area (Å²) in [5.41, 5.74) is 7.03. The third-order valence-corrected chi connectivity index (χ3v) is 2.88. The maximum atomic E-state index is 11.2. The highest BCUT2D eigenvalue weighted by molar-refractivity contribution is 5.93. The molecule has 1 amide bonds. The zero-order valence-electron chi connectivity index (χ0n) is 11.0. The average molecular weight is 273 g/mol. The van der Waals surface area contributed by atoms with Gasteiger partial charge in [-0.3, -0.25) is 9.59 Å². The van der Waals surface area contributed by atoms with E-state index in [0.717, 1.165) is 11.1 Å². The van der Waals surface area contributed by atoms with Gasteiger partial charge in [-0.25, -0.2) is 4.98 Å². The minimum Gasteiger partial charge on any atom is -0.492 e. The highest BCUT2D eigenvalue weighted by Gasteiger charge is 2.15. The number of amides is 1. The van der Waals surface area contributed by atoms with Crippen LogP contribution in [0.1, 0.15) is 28.5 Å². The quantitative estimate of drug-likeness (QED) is 0.844. The van der Waals surface area contributed by atoms with Gasteiger partial charge in [-0.1, -0.05) is 24.3 Å². The number of aromatic hydroxyl groups is 1. The summed E-state index contributed by atoms with van der Waals surface area (Å²) in [6.45, 7) is 1.91. The van der Waals surface area contributed by atoms with Crippen LogP contribution in [0, 0.1) is 0 Å². The summed E-state index contributed by atoms with van der Waals surface area (Å²) in [5, 5.41) is 9.45. The molecule has 2 aromatic rings. The Balaban J connectivity index is 2.18. The molecule has 6 nitrogen and oxygen atoms in total. The Labute approximate surface area is 115 Å². The maximum absolute atomic E-state index is 11.2. The van der Waals surface area contributed by atoms with Crippen molar-refractivity contribution in [2.24, 2.45) is 5.73 Å². The highest BCUT2D eigenvalue weighted by atomic mass is 16.3. The van der Waals surface area contributed by atoms with Crippen molar-refractivity contribution in [3.8, 4) is 5.88 Å². The lowest BCUT2D eigenvalue weighted by molar-refractivity contribution is -0.116. The van der Waals surface area contributed by atoms with Gasteiger partial charge in [0.1, 0.15) is 5.78 Å². The minimum absolute atomic E-state index is 0.0159. The number of hydrogen-bond acceptors (Lipinski definition) is 4. The lowest BCUT2D eigenvalue weighted by Crippen LogP contribution is -2.17. The molecule has 0 saturated carbocycles. The number of primary amides is 1. The number of hydrogen-bond donors (Lipinski definition) is 2. The van der Waals surface area contributed by atoms with Crippen molar-refractivity contribution in [3.05, 3.63) is 47.4 Å². The van der Waals surface area contributed by atoms with Crippen LogP contribution in [0.3, 0.4) is 0 Å². The first kappa shape index (κ1) is 13.8. The number of imidazole rings is 1. The van der Waals surface area contributed by atoms with Crippen LogP contribution >= 0.6 is 0 Å². The fourth-order valence-corrected chi connectivity index (χ4v) is 1.99. The predicted molar refractivity (Wildman–Crippen MR) is 72.3 cm³/mol. The molecule has 1 aromatic heterocycles. The van der Waals surface area contributed by atoms with Crippen LogP contribution in [-0.2, 0) is 17.8 Å². The van der Waals surface area contributed by atoms with Gasteiger partial charge in [0.05, 0.1) is 6.33 Å². The predicted octanol–water partition coefficient (Wildman–Crippen LogP) is 0.867. The van der Waals surface area contributed by atoms with E-state index in [1.165, 1.54) is 10.9 Å². The highest BCUT2D eigenvalue weighted by Crippen LogP contribution is 2.16. The number of Topliss-reactive ketones (excluding diaryl/α,β-unsaturated/α-hetero) is 1. The first-order chi connectivity index (χ1) is 9.47. The molecule has 0 bridgehead atoms. The first-order valence-corrected chi connectivity index (χ1v) is 6.08. The zero-order chi connectivity index (χ0) is 14.7.